The lowest BCUT2D eigenvalue weighted by atomic mass is 10.1. The highest BCUT2D eigenvalue weighted by atomic mass is 16.6. The van der Waals surface area contributed by atoms with Crippen molar-refractivity contribution in [2.75, 3.05) is 6.61 Å². The maximum atomic E-state index is 12.7. The Hall–Kier alpha value is -2.07. The smallest absolute Gasteiger partial charge is 0.412 e. The molecule has 6 nitrogen and oxygen atoms in total. The SMILES string of the molecule is C#C[C@@H]([C@@H]1COC(C)(C)N1C(=O)OC(C)(C)C)N(O)Cc1ccccc1. The lowest BCUT2D eigenvalue weighted by Gasteiger charge is -2.38. The monoisotopic (exact) mass is 360 g/mol. The molecule has 1 N–H and O–H groups in total. The molecule has 2 atom stereocenters. The maximum absolute atomic E-state index is 12.7. The molecule has 1 heterocycles. The molecule has 26 heavy (non-hydrogen) atoms. The first-order chi connectivity index (χ1) is 12.0. The van der Waals surface area contributed by atoms with Crippen molar-refractivity contribution in [2.24, 2.45) is 0 Å². The Morgan fingerprint density at radius 3 is 2.62 bits per heavy atom. The molecule has 1 aromatic rings. The van der Waals surface area contributed by atoms with Crippen molar-refractivity contribution >= 4 is 6.09 Å². The minimum absolute atomic E-state index is 0.215. The Morgan fingerprint density at radius 1 is 1.46 bits per heavy atom. The van der Waals surface area contributed by atoms with E-state index in [9.17, 15) is 10.0 Å². The van der Waals surface area contributed by atoms with Gasteiger partial charge in [0.15, 0.2) is 0 Å². The topological polar surface area (TPSA) is 62.2 Å². The number of hydrogen-bond acceptors (Lipinski definition) is 5. The quantitative estimate of drug-likeness (QED) is 0.660. The molecule has 0 radical (unpaired) electrons. The summed E-state index contributed by atoms with van der Waals surface area (Å²) in [7, 11) is 0. The summed E-state index contributed by atoms with van der Waals surface area (Å²) in [6.07, 6.45) is 5.18. The molecule has 0 unspecified atom stereocenters. The van der Waals surface area contributed by atoms with Crippen LogP contribution in [0.2, 0.25) is 0 Å². The first-order valence-corrected chi connectivity index (χ1v) is 8.67. The van der Waals surface area contributed by atoms with Crippen molar-refractivity contribution in [2.45, 2.75) is 64.6 Å². The third-order valence-electron chi connectivity index (χ3n) is 4.15. The average molecular weight is 360 g/mol. The molecule has 1 aliphatic rings. The van der Waals surface area contributed by atoms with E-state index in [1.807, 2.05) is 30.3 Å². The predicted molar refractivity (Wildman–Crippen MR) is 98.3 cm³/mol. The van der Waals surface area contributed by atoms with Gasteiger partial charge in [-0.15, -0.1) is 6.42 Å². The molecular formula is C20H28N2O4. The fourth-order valence-electron chi connectivity index (χ4n) is 3.00. The highest BCUT2D eigenvalue weighted by Crippen LogP contribution is 2.32. The van der Waals surface area contributed by atoms with Gasteiger partial charge in [0, 0.05) is 0 Å². The van der Waals surface area contributed by atoms with E-state index in [0.29, 0.717) is 0 Å². The molecule has 1 amide bonds. The molecular weight excluding hydrogens is 332 g/mol. The van der Waals surface area contributed by atoms with Crippen molar-refractivity contribution in [1.29, 1.82) is 0 Å². The van der Waals surface area contributed by atoms with Crippen LogP contribution in [0.3, 0.4) is 0 Å². The van der Waals surface area contributed by atoms with Gasteiger partial charge in [0.2, 0.25) is 0 Å². The number of terminal acetylenes is 1. The Balaban J connectivity index is 2.21. The van der Waals surface area contributed by atoms with E-state index in [1.54, 1.807) is 34.6 Å². The van der Waals surface area contributed by atoms with Crippen molar-refractivity contribution in [1.82, 2.24) is 9.96 Å². The van der Waals surface area contributed by atoms with Crippen LogP contribution in [-0.4, -0.2) is 51.3 Å². The second-order valence-electron chi connectivity index (χ2n) is 7.87. The zero-order chi connectivity index (χ0) is 19.5. The van der Waals surface area contributed by atoms with Gasteiger partial charge in [-0.1, -0.05) is 36.3 Å². The highest BCUT2D eigenvalue weighted by Gasteiger charge is 2.49. The zero-order valence-corrected chi connectivity index (χ0v) is 16.1. The van der Waals surface area contributed by atoms with Gasteiger partial charge >= 0.3 is 6.09 Å². The molecule has 0 aromatic heterocycles. The van der Waals surface area contributed by atoms with Gasteiger partial charge in [0.1, 0.15) is 17.4 Å². The Labute approximate surface area is 155 Å². The molecule has 0 bridgehead atoms. The third kappa shape index (κ3) is 4.76. The van der Waals surface area contributed by atoms with Gasteiger partial charge in [-0.05, 0) is 40.2 Å². The van der Waals surface area contributed by atoms with Crippen LogP contribution in [-0.2, 0) is 16.0 Å². The summed E-state index contributed by atoms with van der Waals surface area (Å²) < 4.78 is 11.3. The zero-order valence-electron chi connectivity index (χ0n) is 16.1. The van der Waals surface area contributed by atoms with Crippen LogP contribution in [0.1, 0.15) is 40.2 Å². The molecule has 1 saturated heterocycles. The van der Waals surface area contributed by atoms with Gasteiger partial charge in [-0.3, -0.25) is 4.90 Å². The van der Waals surface area contributed by atoms with Crippen molar-refractivity contribution in [3.63, 3.8) is 0 Å². The number of hydrogen-bond donors (Lipinski definition) is 1. The summed E-state index contributed by atoms with van der Waals surface area (Å²) in [6, 6.07) is 8.23. The van der Waals surface area contributed by atoms with E-state index in [0.717, 1.165) is 10.6 Å². The largest absolute Gasteiger partial charge is 0.444 e. The van der Waals surface area contributed by atoms with Crippen LogP contribution in [0.25, 0.3) is 0 Å². The fraction of sp³-hybridized carbons (Fsp3) is 0.550. The number of rotatable bonds is 4. The van der Waals surface area contributed by atoms with E-state index in [4.69, 9.17) is 15.9 Å². The summed E-state index contributed by atoms with van der Waals surface area (Å²) in [6.45, 7) is 9.43. The van der Waals surface area contributed by atoms with Crippen LogP contribution in [0.15, 0.2) is 30.3 Å². The Bertz CT molecular complexity index is 661. The average Bonchev–Trinajstić information content (AvgIpc) is 2.82. The Kier molecular flexibility index (Phi) is 5.97. The summed E-state index contributed by atoms with van der Waals surface area (Å²) in [5.41, 5.74) is -0.609. The molecule has 0 spiro atoms. The molecule has 142 valence electrons. The van der Waals surface area contributed by atoms with Crippen LogP contribution in [0.5, 0.6) is 0 Å². The number of carbonyl (C=O) groups excluding carboxylic acids is 1. The van der Waals surface area contributed by atoms with E-state index in [-0.39, 0.29) is 13.2 Å². The van der Waals surface area contributed by atoms with E-state index < -0.39 is 29.5 Å². The molecule has 0 aliphatic carbocycles. The van der Waals surface area contributed by atoms with E-state index in [2.05, 4.69) is 5.92 Å². The number of hydroxylamine groups is 2. The maximum Gasteiger partial charge on any atom is 0.412 e. The molecule has 0 saturated carbocycles. The molecule has 6 heteroatoms. The molecule has 1 aliphatic heterocycles. The summed E-state index contributed by atoms with van der Waals surface area (Å²) in [5, 5.41) is 11.7. The predicted octanol–water partition coefficient (Wildman–Crippen LogP) is 3.25. The van der Waals surface area contributed by atoms with E-state index >= 15 is 0 Å². The fourth-order valence-corrected chi connectivity index (χ4v) is 3.00. The van der Waals surface area contributed by atoms with Crippen LogP contribution >= 0.6 is 0 Å². The first-order valence-electron chi connectivity index (χ1n) is 8.67. The minimum Gasteiger partial charge on any atom is -0.444 e. The van der Waals surface area contributed by atoms with Gasteiger partial charge in [0.05, 0.1) is 19.2 Å². The highest BCUT2D eigenvalue weighted by molar-refractivity contribution is 5.70. The van der Waals surface area contributed by atoms with Crippen LogP contribution in [0, 0.1) is 12.3 Å². The molecule has 1 aromatic carbocycles. The van der Waals surface area contributed by atoms with Gasteiger partial charge in [0.25, 0.3) is 0 Å². The first kappa shape index (κ1) is 20.2. The summed E-state index contributed by atoms with van der Waals surface area (Å²) in [5.74, 6) is 2.60. The second kappa shape index (κ2) is 7.67. The van der Waals surface area contributed by atoms with Gasteiger partial charge < -0.3 is 14.7 Å². The number of carbonyl (C=O) groups is 1. The van der Waals surface area contributed by atoms with Crippen molar-refractivity contribution < 1.29 is 19.5 Å². The second-order valence-corrected chi connectivity index (χ2v) is 7.87. The molecule has 2 rings (SSSR count). The summed E-state index contributed by atoms with van der Waals surface area (Å²) in [4.78, 5) is 14.2. The standard InChI is InChI=1S/C20H28N2O4/c1-7-16(21(24)13-15-11-9-8-10-12-15)17-14-25-20(5,6)22(17)18(23)26-19(2,3)4/h1,8-12,16-17,24H,13-14H2,2-6H3/t16-,17-/m0/s1. The number of nitrogens with zero attached hydrogens (tertiary/aromatic N) is 2. The van der Waals surface area contributed by atoms with E-state index in [1.165, 1.54) is 4.90 Å². The minimum atomic E-state index is -0.879. The number of ether oxygens (including phenoxy) is 2. The van der Waals surface area contributed by atoms with Crippen LogP contribution < -0.4 is 0 Å². The van der Waals surface area contributed by atoms with Crippen LogP contribution in [0.4, 0.5) is 4.79 Å². The Morgan fingerprint density at radius 2 is 2.08 bits per heavy atom. The number of benzene rings is 1. The van der Waals surface area contributed by atoms with Crippen molar-refractivity contribution in [3.05, 3.63) is 35.9 Å². The lowest BCUT2D eigenvalue weighted by molar-refractivity contribution is -0.135. The van der Waals surface area contributed by atoms with Crippen molar-refractivity contribution in [3.8, 4) is 12.3 Å². The lowest BCUT2D eigenvalue weighted by Crippen LogP contribution is -2.56. The number of amides is 1. The molecule has 1 fully saturated rings. The third-order valence-corrected chi connectivity index (χ3v) is 4.15. The van der Waals surface area contributed by atoms with Gasteiger partial charge in [-0.2, -0.15) is 5.06 Å². The van der Waals surface area contributed by atoms with Gasteiger partial charge in [-0.25, -0.2) is 4.79 Å². The normalized spacial score (nSPS) is 20.7. The summed E-state index contributed by atoms with van der Waals surface area (Å²) >= 11 is 0.